The minimum absolute atomic E-state index is 0.244. The number of hydrogen-bond acceptors (Lipinski definition) is 3. The molecule has 0 saturated heterocycles. The molecule has 0 bridgehead atoms. The van der Waals surface area contributed by atoms with Crippen molar-refractivity contribution in [1.82, 2.24) is 0 Å². The van der Waals surface area contributed by atoms with Crippen LogP contribution in [0.15, 0.2) is 30.3 Å². The molecule has 0 fully saturated rings. The zero-order valence-corrected chi connectivity index (χ0v) is 8.65. The second-order valence-corrected chi connectivity index (χ2v) is 3.46. The molecule has 0 aromatic heterocycles. The molecule has 0 heterocycles. The van der Waals surface area contributed by atoms with Crippen molar-refractivity contribution in [2.45, 2.75) is 12.0 Å². The average Bonchev–Trinajstić information content (AvgIpc) is 2.27. The van der Waals surface area contributed by atoms with E-state index in [1.54, 1.807) is 18.2 Å². The first-order chi connectivity index (χ1) is 7.11. The molecule has 78 valence electrons. The van der Waals surface area contributed by atoms with Crippen molar-refractivity contribution < 1.29 is 19.6 Å². The molecule has 0 saturated carbocycles. The van der Waals surface area contributed by atoms with Crippen LogP contribution in [-0.2, 0) is 15.0 Å². The fourth-order valence-electron chi connectivity index (χ4n) is 1.16. The zero-order chi connectivity index (χ0) is 11.3. The Bertz CT molecular complexity index is 451. The Kier molecular flexibility index (Phi) is 3.87. The number of carboxylic acids is 1. The van der Waals surface area contributed by atoms with Crippen LogP contribution in [0.25, 0.3) is 0 Å². The molecule has 2 N–H and O–H groups in total. The third-order valence-corrected chi connectivity index (χ3v) is 2.29. The third-order valence-electron chi connectivity index (χ3n) is 2.00. The first-order valence-electron chi connectivity index (χ1n) is 4.18. The Hall–Kier alpha value is -1.34. The predicted molar refractivity (Wildman–Crippen MR) is 54.1 cm³/mol. The van der Waals surface area contributed by atoms with Gasteiger partial charge in [0.2, 0.25) is 0 Å². The van der Waals surface area contributed by atoms with Crippen molar-refractivity contribution in [3.05, 3.63) is 35.9 Å². The molecule has 4 nitrogen and oxygen atoms in total. The second-order valence-electron chi connectivity index (χ2n) is 2.96. The SMILES string of the molecule is O=P#CCC(O)(C(=O)O)c1ccccc1. The van der Waals surface area contributed by atoms with Crippen molar-refractivity contribution in [3.63, 3.8) is 0 Å². The summed E-state index contributed by atoms with van der Waals surface area (Å²) in [5.74, 6) is -1.38. The van der Waals surface area contributed by atoms with E-state index in [-0.39, 0.29) is 12.0 Å². The van der Waals surface area contributed by atoms with E-state index in [9.17, 15) is 14.5 Å². The monoisotopic (exact) mass is 224 g/mol. The van der Waals surface area contributed by atoms with Crippen molar-refractivity contribution >= 4 is 13.9 Å². The van der Waals surface area contributed by atoms with Crippen molar-refractivity contribution in [1.29, 1.82) is 0 Å². The number of hydrogen-bond donors (Lipinski definition) is 2. The molecule has 1 aromatic carbocycles. The van der Waals surface area contributed by atoms with E-state index in [2.05, 4.69) is 5.63 Å². The normalized spacial score (nSPS) is 13.7. The van der Waals surface area contributed by atoms with Gasteiger partial charge in [-0.1, -0.05) is 0 Å². The van der Waals surface area contributed by atoms with Crippen LogP contribution < -0.4 is 0 Å². The Morgan fingerprint density at radius 2 is 2.00 bits per heavy atom. The van der Waals surface area contributed by atoms with Crippen molar-refractivity contribution in [2.24, 2.45) is 0 Å². The van der Waals surface area contributed by atoms with Crippen LogP contribution in [0.2, 0.25) is 0 Å². The van der Waals surface area contributed by atoms with Crippen LogP contribution in [0.1, 0.15) is 12.0 Å². The molecular weight excluding hydrogens is 215 g/mol. The minimum atomic E-state index is -2.06. The number of aliphatic carboxylic acids is 1. The number of carboxylic acid groups (broad SMARTS) is 1. The fraction of sp³-hybridized carbons (Fsp3) is 0.200. The molecule has 1 rings (SSSR count). The molecule has 0 radical (unpaired) electrons. The summed E-state index contributed by atoms with van der Waals surface area (Å²) in [6.07, 6.45) is -0.322. The van der Waals surface area contributed by atoms with Gasteiger partial charge in [0.15, 0.2) is 0 Å². The number of carbonyl (C=O) groups is 1. The first-order valence-corrected chi connectivity index (χ1v) is 4.99. The summed E-state index contributed by atoms with van der Waals surface area (Å²) in [6, 6.07) is 7.95. The summed E-state index contributed by atoms with van der Waals surface area (Å²) in [6.45, 7) is 0. The van der Waals surface area contributed by atoms with Crippen molar-refractivity contribution in [2.75, 3.05) is 0 Å². The van der Waals surface area contributed by atoms with Crippen molar-refractivity contribution in [3.8, 4) is 5.63 Å². The maximum atomic E-state index is 10.9. The molecule has 0 spiro atoms. The van der Waals surface area contributed by atoms with Crippen LogP contribution in [0.5, 0.6) is 0 Å². The summed E-state index contributed by atoms with van der Waals surface area (Å²) in [5.41, 5.74) is 0.442. The number of rotatable bonds is 3. The van der Waals surface area contributed by atoms with Crippen LogP contribution in [0.3, 0.4) is 0 Å². The zero-order valence-electron chi connectivity index (χ0n) is 7.75. The topological polar surface area (TPSA) is 74.6 Å². The molecule has 15 heavy (non-hydrogen) atoms. The Balaban J connectivity index is 3.16. The van der Waals surface area contributed by atoms with Gasteiger partial charge < -0.3 is 0 Å². The van der Waals surface area contributed by atoms with E-state index >= 15 is 0 Å². The van der Waals surface area contributed by atoms with E-state index in [0.717, 1.165) is 0 Å². The average molecular weight is 224 g/mol. The number of benzene rings is 1. The van der Waals surface area contributed by atoms with Crippen LogP contribution in [-0.4, -0.2) is 16.2 Å². The van der Waals surface area contributed by atoms with E-state index in [1.165, 1.54) is 12.1 Å². The van der Waals surface area contributed by atoms with Gasteiger partial charge in [0.25, 0.3) is 0 Å². The van der Waals surface area contributed by atoms with Gasteiger partial charge in [-0.05, 0) is 0 Å². The Morgan fingerprint density at radius 1 is 1.40 bits per heavy atom. The molecule has 0 aliphatic heterocycles. The number of aliphatic hydroxyl groups is 1. The van der Waals surface area contributed by atoms with Gasteiger partial charge in [-0.25, -0.2) is 0 Å². The Morgan fingerprint density at radius 3 is 2.47 bits per heavy atom. The van der Waals surface area contributed by atoms with Gasteiger partial charge in [0, 0.05) is 0 Å². The van der Waals surface area contributed by atoms with Gasteiger partial charge in [0.05, 0.1) is 0 Å². The molecule has 0 amide bonds. The molecule has 0 aliphatic carbocycles. The van der Waals surface area contributed by atoms with Gasteiger partial charge in [-0.15, -0.1) is 0 Å². The summed E-state index contributed by atoms with van der Waals surface area (Å²) in [4.78, 5) is 10.9. The van der Waals surface area contributed by atoms with Crippen LogP contribution in [0, 0.1) is 5.63 Å². The Labute approximate surface area is 87.7 Å². The van der Waals surface area contributed by atoms with Gasteiger partial charge >= 0.3 is 87.0 Å². The van der Waals surface area contributed by atoms with Crippen LogP contribution >= 0.6 is 7.92 Å². The molecule has 1 aromatic rings. The van der Waals surface area contributed by atoms with Crippen LogP contribution in [0.4, 0.5) is 0 Å². The standard InChI is InChI=1S/C10H9O4P/c11-9(12)10(13,6-7-15-14)8-4-2-1-3-5-8/h1-5,13H,6H2,(H,11,12). The van der Waals surface area contributed by atoms with Gasteiger partial charge in [-0.2, -0.15) is 0 Å². The van der Waals surface area contributed by atoms with E-state index in [0.29, 0.717) is 0 Å². The summed E-state index contributed by atoms with van der Waals surface area (Å²) < 4.78 is 10.2. The van der Waals surface area contributed by atoms with E-state index in [1.807, 2.05) is 0 Å². The molecule has 5 heteroatoms. The second kappa shape index (κ2) is 4.94. The van der Waals surface area contributed by atoms with E-state index in [4.69, 9.17) is 5.11 Å². The van der Waals surface area contributed by atoms with Gasteiger partial charge in [0.1, 0.15) is 0 Å². The molecular formula is C10H9O4P. The first kappa shape index (κ1) is 11.7. The third kappa shape index (κ3) is 2.57. The quantitative estimate of drug-likeness (QED) is 0.764. The summed E-state index contributed by atoms with van der Waals surface area (Å²) in [5, 5.41) is 18.8. The summed E-state index contributed by atoms with van der Waals surface area (Å²) >= 11 is 0. The molecule has 0 aliphatic rings. The fourth-order valence-corrected chi connectivity index (χ4v) is 1.46. The van der Waals surface area contributed by atoms with E-state index < -0.39 is 19.5 Å². The molecule has 1 unspecified atom stereocenters. The maximum absolute atomic E-state index is 10.9. The molecule has 1 atom stereocenters. The summed E-state index contributed by atoms with van der Waals surface area (Å²) in [7, 11) is -0.419. The predicted octanol–water partition coefficient (Wildman–Crippen LogP) is 1.60. The van der Waals surface area contributed by atoms with Gasteiger partial charge in [-0.3, -0.25) is 0 Å².